The third-order valence-electron chi connectivity index (χ3n) is 1.61. The molecule has 14 heavy (non-hydrogen) atoms. The summed E-state index contributed by atoms with van der Waals surface area (Å²) in [5.41, 5.74) is 0. The lowest BCUT2D eigenvalue weighted by atomic mass is 10.5. The molecule has 6 heteroatoms. The molecule has 0 unspecified atom stereocenters. The highest BCUT2D eigenvalue weighted by Crippen LogP contribution is 2.24. The molecular weight excluding hydrogens is 222 g/mol. The van der Waals surface area contributed by atoms with Gasteiger partial charge < -0.3 is 4.42 Å². The number of hydrogen-bond donors (Lipinski definition) is 0. The van der Waals surface area contributed by atoms with Gasteiger partial charge in [0.25, 0.3) is 5.89 Å². The molecule has 0 aliphatic rings. The highest BCUT2D eigenvalue weighted by Gasteiger charge is 2.10. The van der Waals surface area contributed by atoms with Crippen LogP contribution < -0.4 is 0 Å². The molecule has 0 amide bonds. The number of aromatic nitrogens is 3. The number of aryl methyl sites for hydroxylation is 2. The summed E-state index contributed by atoms with van der Waals surface area (Å²) in [7, 11) is 0. The van der Waals surface area contributed by atoms with E-state index >= 15 is 0 Å². The molecule has 2 aromatic heterocycles. The Bertz CT molecular complexity index is 426. The van der Waals surface area contributed by atoms with Crippen molar-refractivity contribution in [3.8, 4) is 10.8 Å². The van der Waals surface area contributed by atoms with E-state index in [1.807, 2.05) is 6.92 Å². The average Bonchev–Trinajstić information content (AvgIpc) is 2.74. The first-order valence-electron chi connectivity index (χ1n) is 4.11. The maximum atomic E-state index is 5.56. The van der Waals surface area contributed by atoms with Crippen molar-refractivity contribution < 1.29 is 4.42 Å². The van der Waals surface area contributed by atoms with Gasteiger partial charge in [0.1, 0.15) is 4.88 Å². The minimum atomic E-state index is 0.489. The highest BCUT2D eigenvalue weighted by atomic mass is 35.5. The SMILES string of the molecule is Cc1ncc(-c2nnc(CCCl)o2)s1. The topological polar surface area (TPSA) is 51.8 Å². The van der Waals surface area contributed by atoms with Crippen molar-refractivity contribution in [3.63, 3.8) is 0 Å². The van der Waals surface area contributed by atoms with Crippen LogP contribution >= 0.6 is 22.9 Å². The fourth-order valence-electron chi connectivity index (χ4n) is 0.995. The number of rotatable bonds is 3. The second-order valence-corrected chi connectivity index (χ2v) is 4.30. The fourth-order valence-corrected chi connectivity index (χ4v) is 1.86. The maximum absolute atomic E-state index is 5.56. The van der Waals surface area contributed by atoms with Gasteiger partial charge in [0.2, 0.25) is 5.89 Å². The first-order chi connectivity index (χ1) is 6.79. The molecule has 0 saturated carbocycles. The predicted molar refractivity (Wildman–Crippen MR) is 54.6 cm³/mol. The lowest BCUT2D eigenvalue weighted by Gasteiger charge is -1.85. The van der Waals surface area contributed by atoms with E-state index in [0.29, 0.717) is 24.1 Å². The van der Waals surface area contributed by atoms with E-state index in [1.165, 1.54) is 11.3 Å². The summed E-state index contributed by atoms with van der Waals surface area (Å²) >= 11 is 7.09. The molecule has 0 aliphatic carbocycles. The number of alkyl halides is 1. The van der Waals surface area contributed by atoms with Gasteiger partial charge in [0.15, 0.2) is 0 Å². The molecule has 74 valence electrons. The van der Waals surface area contributed by atoms with Crippen molar-refractivity contribution in [1.29, 1.82) is 0 Å². The molecule has 0 spiro atoms. The Morgan fingerprint density at radius 2 is 2.36 bits per heavy atom. The lowest BCUT2D eigenvalue weighted by Crippen LogP contribution is -1.84. The van der Waals surface area contributed by atoms with E-state index in [-0.39, 0.29) is 0 Å². The van der Waals surface area contributed by atoms with Crippen molar-refractivity contribution in [2.45, 2.75) is 13.3 Å². The number of thiazole rings is 1. The molecule has 0 radical (unpaired) electrons. The summed E-state index contributed by atoms with van der Waals surface area (Å²) in [6.45, 7) is 1.93. The molecule has 2 rings (SSSR count). The Labute approximate surface area is 89.9 Å². The predicted octanol–water partition coefficient (Wildman–Crippen LogP) is 2.28. The Balaban J connectivity index is 2.24. The van der Waals surface area contributed by atoms with Gasteiger partial charge in [-0.1, -0.05) is 0 Å². The van der Waals surface area contributed by atoms with Crippen LogP contribution in [0, 0.1) is 6.92 Å². The molecule has 0 bridgehead atoms. The normalized spacial score (nSPS) is 10.7. The quantitative estimate of drug-likeness (QED) is 0.758. The number of hydrogen-bond acceptors (Lipinski definition) is 5. The summed E-state index contributed by atoms with van der Waals surface area (Å²) in [4.78, 5) is 5.01. The zero-order valence-electron chi connectivity index (χ0n) is 7.53. The monoisotopic (exact) mass is 229 g/mol. The summed E-state index contributed by atoms with van der Waals surface area (Å²) in [6.07, 6.45) is 2.34. The molecule has 0 aliphatic heterocycles. The Morgan fingerprint density at radius 1 is 1.50 bits per heavy atom. The Kier molecular flexibility index (Phi) is 2.79. The van der Waals surface area contributed by atoms with Crippen LogP contribution in [0.15, 0.2) is 10.6 Å². The molecule has 0 atom stereocenters. The van der Waals surface area contributed by atoms with Crippen molar-refractivity contribution in [2.75, 3.05) is 5.88 Å². The maximum Gasteiger partial charge on any atom is 0.259 e. The molecule has 4 nitrogen and oxygen atoms in total. The van der Waals surface area contributed by atoms with E-state index in [0.717, 1.165) is 9.88 Å². The van der Waals surface area contributed by atoms with Crippen molar-refractivity contribution >= 4 is 22.9 Å². The van der Waals surface area contributed by atoms with Gasteiger partial charge in [-0.05, 0) is 6.92 Å². The van der Waals surface area contributed by atoms with Gasteiger partial charge in [-0.15, -0.1) is 33.1 Å². The van der Waals surface area contributed by atoms with E-state index in [2.05, 4.69) is 15.2 Å². The van der Waals surface area contributed by atoms with Crippen molar-refractivity contribution in [2.24, 2.45) is 0 Å². The van der Waals surface area contributed by atoms with Crippen molar-refractivity contribution in [3.05, 3.63) is 17.1 Å². The third-order valence-corrected chi connectivity index (χ3v) is 2.70. The summed E-state index contributed by atoms with van der Waals surface area (Å²) < 4.78 is 5.39. The summed E-state index contributed by atoms with van der Waals surface area (Å²) in [5.74, 6) is 1.58. The molecule has 2 aromatic rings. The van der Waals surface area contributed by atoms with Crippen LogP contribution in [0.25, 0.3) is 10.8 Å². The second-order valence-electron chi connectivity index (χ2n) is 2.68. The van der Waals surface area contributed by atoms with Crippen LogP contribution in [-0.2, 0) is 6.42 Å². The zero-order valence-corrected chi connectivity index (χ0v) is 9.10. The molecule has 0 saturated heterocycles. The standard InChI is InChI=1S/C8H8ClN3OS/c1-5-10-4-6(14-5)8-12-11-7(13-8)2-3-9/h4H,2-3H2,1H3. The smallest absolute Gasteiger partial charge is 0.259 e. The van der Waals surface area contributed by atoms with Gasteiger partial charge in [0, 0.05) is 12.3 Å². The largest absolute Gasteiger partial charge is 0.420 e. The van der Waals surface area contributed by atoms with Gasteiger partial charge >= 0.3 is 0 Å². The van der Waals surface area contributed by atoms with Crippen LogP contribution in [0.3, 0.4) is 0 Å². The zero-order chi connectivity index (χ0) is 9.97. The first-order valence-corrected chi connectivity index (χ1v) is 5.46. The molecule has 2 heterocycles. The van der Waals surface area contributed by atoms with Crippen LogP contribution in [0.2, 0.25) is 0 Å². The van der Waals surface area contributed by atoms with E-state index in [9.17, 15) is 0 Å². The minimum absolute atomic E-state index is 0.489. The summed E-state index contributed by atoms with van der Waals surface area (Å²) in [6, 6.07) is 0. The molecule has 0 fully saturated rings. The van der Waals surface area contributed by atoms with Crippen LogP contribution in [0.5, 0.6) is 0 Å². The van der Waals surface area contributed by atoms with Crippen LogP contribution in [0.4, 0.5) is 0 Å². The van der Waals surface area contributed by atoms with Gasteiger partial charge in [-0.2, -0.15) is 0 Å². The Hall–Kier alpha value is -0.940. The Morgan fingerprint density at radius 3 is 3.00 bits per heavy atom. The highest BCUT2D eigenvalue weighted by molar-refractivity contribution is 7.14. The molecular formula is C8H8ClN3OS. The fraction of sp³-hybridized carbons (Fsp3) is 0.375. The number of halogens is 1. The summed E-state index contributed by atoms with van der Waals surface area (Å²) in [5, 5.41) is 8.77. The third kappa shape index (κ3) is 1.93. The average molecular weight is 230 g/mol. The lowest BCUT2D eigenvalue weighted by molar-refractivity contribution is 0.514. The van der Waals surface area contributed by atoms with Crippen molar-refractivity contribution in [1.82, 2.24) is 15.2 Å². The first kappa shape index (κ1) is 9.61. The second kappa shape index (κ2) is 4.06. The van der Waals surface area contributed by atoms with Crippen LogP contribution in [0.1, 0.15) is 10.9 Å². The van der Waals surface area contributed by atoms with E-state index in [4.69, 9.17) is 16.0 Å². The van der Waals surface area contributed by atoms with Gasteiger partial charge in [0.05, 0.1) is 11.2 Å². The van der Waals surface area contributed by atoms with Gasteiger partial charge in [-0.3, -0.25) is 0 Å². The van der Waals surface area contributed by atoms with E-state index in [1.54, 1.807) is 6.20 Å². The minimum Gasteiger partial charge on any atom is -0.420 e. The molecule has 0 aromatic carbocycles. The molecule has 0 N–H and O–H groups in total. The van der Waals surface area contributed by atoms with E-state index < -0.39 is 0 Å². The number of nitrogens with zero attached hydrogens (tertiary/aromatic N) is 3. The van der Waals surface area contributed by atoms with Crippen LogP contribution in [-0.4, -0.2) is 21.1 Å². The van der Waals surface area contributed by atoms with Gasteiger partial charge in [-0.25, -0.2) is 4.98 Å².